The van der Waals surface area contributed by atoms with Crippen LogP contribution in [0.2, 0.25) is 0 Å². The third-order valence-corrected chi connectivity index (χ3v) is 6.97. The van der Waals surface area contributed by atoms with Gasteiger partial charge in [-0.25, -0.2) is 18.4 Å². The molecule has 10 heteroatoms. The fourth-order valence-electron chi connectivity index (χ4n) is 5.57. The van der Waals surface area contributed by atoms with E-state index in [0.29, 0.717) is 19.5 Å². The van der Waals surface area contributed by atoms with Crippen molar-refractivity contribution < 1.29 is 37.4 Å². The van der Waals surface area contributed by atoms with Crippen molar-refractivity contribution in [2.75, 3.05) is 40.0 Å². The van der Waals surface area contributed by atoms with Crippen LogP contribution in [0.4, 0.5) is 13.6 Å². The number of carbonyl (C=O) groups is 3. The topological polar surface area (TPSA) is 85.4 Å². The van der Waals surface area contributed by atoms with Gasteiger partial charge in [0.15, 0.2) is 0 Å². The summed E-state index contributed by atoms with van der Waals surface area (Å²) in [6.45, 7) is 4.13. The molecule has 5 atom stereocenters. The first-order valence-corrected chi connectivity index (χ1v) is 11.5. The first kappa shape index (κ1) is 24.7. The van der Waals surface area contributed by atoms with Crippen molar-refractivity contribution in [3.05, 3.63) is 0 Å². The lowest BCUT2D eigenvalue weighted by Gasteiger charge is -2.46. The van der Waals surface area contributed by atoms with Crippen molar-refractivity contribution in [2.24, 2.45) is 17.8 Å². The number of hydrogen-bond donors (Lipinski definition) is 0. The lowest BCUT2D eigenvalue weighted by atomic mass is 9.69. The molecular weight excluding hydrogens is 426 g/mol. The molecule has 8 nitrogen and oxygen atoms in total. The standard InChI is InChI=1S/C22H34F2N2O6/c1-4-31-19(27)17-9-16-8-14(6-7-15(16)12-26(17)21(29)30-3)11-25-13-22(23,24)10-18(25)20(28)32-5-2/h14-18H,4-13H2,1-3H3/t14-,15-,16+,17-,18-/m0/s1. The van der Waals surface area contributed by atoms with Gasteiger partial charge in [0.05, 0.1) is 26.9 Å². The molecule has 1 saturated carbocycles. The summed E-state index contributed by atoms with van der Waals surface area (Å²) < 4.78 is 43.2. The van der Waals surface area contributed by atoms with Crippen molar-refractivity contribution >= 4 is 18.0 Å². The molecule has 0 spiro atoms. The Morgan fingerprint density at radius 3 is 2.25 bits per heavy atom. The lowest BCUT2D eigenvalue weighted by Crippen LogP contribution is -2.55. The first-order chi connectivity index (χ1) is 15.2. The molecule has 0 bridgehead atoms. The number of esters is 2. The van der Waals surface area contributed by atoms with E-state index in [9.17, 15) is 23.2 Å². The first-order valence-electron chi connectivity index (χ1n) is 11.5. The van der Waals surface area contributed by atoms with Gasteiger partial charge < -0.3 is 14.2 Å². The lowest BCUT2D eigenvalue weighted by molar-refractivity contribution is -0.153. The number of halogens is 2. The number of methoxy groups -OCH3 is 1. The highest BCUT2D eigenvalue weighted by Crippen LogP contribution is 2.43. The van der Waals surface area contributed by atoms with Crippen molar-refractivity contribution in [3.8, 4) is 0 Å². The second kappa shape index (κ2) is 10.3. The summed E-state index contributed by atoms with van der Waals surface area (Å²) in [4.78, 5) is 40.0. The predicted octanol–water partition coefficient (Wildman–Crippen LogP) is 2.70. The summed E-state index contributed by atoms with van der Waals surface area (Å²) in [5, 5.41) is 0. The molecule has 0 unspecified atom stereocenters. The van der Waals surface area contributed by atoms with E-state index in [4.69, 9.17) is 14.2 Å². The quantitative estimate of drug-likeness (QED) is 0.445. The molecule has 32 heavy (non-hydrogen) atoms. The molecule has 0 aromatic carbocycles. The van der Waals surface area contributed by atoms with Gasteiger partial charge in [0.2, 0.25) is 0 Å². The number of amides is 1. The van der Waals surface area contributed by atoms with E-state index in [1.54, 1.807) is 18.7 Å². The maximum atomic E-state index is 14.1. The molecule has 3 rings (SSSR count). The van der Waals surface area contributed by atoms with Crippen molar-refractivity contribution in [1.82, 2.24) is 9.80 Å². The summed E-state index contributed by atoms with van der Waals surface area (Å²) in [6.07, 6.45) is 1.81. The third-order valence-electron chi connectivity index (χ3n) is 6.97. The zero-order valence-corrected chi connectivity index (χ0v) is 19.1. The minimum absolute atomic E-state index is 0.134. The molecule has 0 aromatic rings. The van der Waals surface area contributed by atoms with E-state index < -0.39 is 49.0 Å². The fourth-order valence-corrected chi connectivity index (χ4v) is 5.57. The number of rotatable bonds is 6. The van der Waals surface area contributed by atoms with E-state index in [2.05, 4.69) is 0 Å². The van der Waals surface area contributed by atoms with Crippen LogP contribution in [0, 0.1) is 17.8 Å². The Hall–Kier alpha value is -1.97. The molecule has 1 aliphatic carbocycles. The van der Waals surface area contributed by atoms with Gasteiger partial charge in [0.1, 0.15) is 12.1 Å². The Morgan fingerprint density at radius 2 is 1.62 bits per heavy atom. The van der Waals surface area contributed by atoms with Crippen LogP contribution < -0.4 is 0 Å². The Kier molecular flexibility index (Phi) is 7.95. The molecule has 0 aromatic heterocycles. The molecule has 182 valence electrons. The maximum Gasteiger partial charge on any atom is 0.410 e. The number of ether oxygens (including phenoxy) is 3. The monoisotopic (exact) mass is 460 g/mol. The molecule has 3 fully saturated rings. The smallest absolute Gasteiger partial charge is 0.410 e. The van der Waals surface area contributed by atoms with E-state index in [0.717, 1.165) is 19.3 Å². The molecule has 2 heterocycles. The predicted molar refractivity (Wildman–Crippen MR) is 110 cm³/mol. The Balaban J connectivity index is 1.66. The zero-order chi connectivity index (χ0) is 23.5. The molecule has 1 amide bonds. The van der Waals surface area contributed by atoms with Crippen LogP contribution in [0.15, 0.2) is 0 Å². The number of hydrogen-bond acceptors (Lipinski definition) is 7. The summed E-state index contributed by atoms with van der Waals surface area (Å²) in [5.41, 5.74) is 0. The van der Waals surface area contributed by atoms with Crippen LogP contribution in [0.3, 0.4) is 0 Å². The number of likely N-dealkylation sites (tertiary alicyclic amines) is 2. The largest absolute Gasteiger partial charge is 0.465 e. The molecule has 3 aliphatic rings. The number of fused-ring (bicyclic) bond motifs is 1. The SMILES string of the molecule is CCOC(=O)[C@@H]1CC(F)(F)CN1C[C@H]1CC[C@H]2CN(C(=O)OC)[C@H](C(=O)OCC)C[C@H]2C1. The second-order valence-corrected chi connectivity index (χ2v) is 9.08. The number of alkyl halides is 2. The van der Waals surface area contributed by atoms with Crippen LogP contribution in [0.25, 0.3) is 0 Å². The van der Waals surface area contributed by atoms with Gasteiger partial charge in [0.25, 0.3) is 5.92 Å². The fraction of sp³-hybridized carbons (Fsp3) is 0.864. The van der Waals surface area contributed by atoms with Gasteiger partial charge in [-0.3, -0.25) is 14.6 Å². The van der Waals surface area contributed by atoms with E-state index >= 15 is 0 Å². The van der Waals surface area contributed by atoms with Gasteiger partial charge in [-0.05, 0) is 57.3 Å². The highest BCUT2D eigenvalue weighted by molar-refractivity contribution is 5.81. The number of piperidine rings is 1. The van der Waals surface area contributed by atoms with E-state index in [1.165, 1.54) is 12.0 Å². The molecular formula is C22H34F2N2O6. The van der Waals surface area contributed by atoms with Crippen LogP contribution in [0.5, 0.6) is 0 Å². The second-order valence-electron chi connectivity index (χ2n) is 9.08. The average Bonchev–Trinajstić information content (AvgIpc) is 3.06. The Morgan fingerprint density at radius 1 is 0.969 bits per heavy atom. The van der Waals surface area contributed by atoms with Crippen molar-refractivity contribution in [2.45, 2.75) is 64.0 Å². The third kappa shape index (κ3) is 5.50. The van der Waals surface area contributed by atoms with Crippen LogP contribution in [-0.2, 0) is 23.8 Å². The minimum Gasteiger partial charge on any atom is -0.465 e. The zero-order valence-electron chi connectivity index (χ0n) is 19.1. The Labute approximate surface area is 187 Å². The van der Waals surface area contributed by atoms with Crippen LogP contribution in [0.1, 0.15) is 46.0 Å². The summed E-state index contributed by atoms with van der Waals surface area (Å²) in [7, 11) is 1.29. The van der Waals surface area contributed by atoms with Gasteiger partial charge in [-0.1, -0.05) is 0 Å². The van der Waals surface area contributed by atoms with E-state index in [1.807, 2.05) is 0 Å². The van der Waals surface area contributed by atoms with Gasteiger partial charge in [0, 0.05) is 19.5 Å². The maximum absolute atomic E-state index is 14.1. The summed E-state index contributed by atoms with van der Waals surface area (Å²) in [5.74, 6) is -3.41. The van der Waals surface area contributed by atoms with Gasteiger partial charge in [-0.2, -0.15) is 0 Å². The molecule has 2 aliphatic heterocycles. The summed E-state index contributed by atoms with van der Waals surface area (Å²) in [6, 6.07) is -1.62. The highest BCUT2D eigenvalue weighted by atomic mass is 19.3. The van der Waals surface area contributed by atoms with Crippen molar-refractivity contribution in [1.29, 1.82) is 0 Å². The van der Waals surface area contributed by atoms with Crippen LogP contribution in [-0.4, -0.2) is 85.8 Å². The summed E-state index contributed by atoms with van der Waals surface area (Å²) >= 11 is 0. The van der Waals surface area contributed by atoms with Crippen molar-refractivity contribution in [3.63, 3.8) is 0 Å². The van der Waals surface area contributed by atoms with Crippen LogP contribution >= 0.6 is 0 Å². The minimum atomic E-state index is -2.91. The normalized spacial score (nSPS) is 32.2. The molecule has 0 N–H and O–H groups in total. The van der Waals surface area contributed by atoms with E-state index in [-0.39, 0.29) is 31.0 Å². The number of nitrogens with zero attached hydrogens (tertiary/aromatic N) is 2. The Bertz CT molecular complexity index is 706. The van der Waals surface area contributed by atoms with Gasteiger partial charge in [-0.15, -0.1) is 0 Å². The number of carbonyl (C=O) groups excluding carboxylic acids is 3. The van der Waals surface area contributed by atoms with Gasteiger partial charge >= 0.3 is 18.0 Å². The molecule has 2 saturated heterocycles. The molecule has 0 radical (unpaired) electrons. The average molecular weight is 461 g/mol. The highest BCUT2D eigenvalue weighted by Gasteiger charge is 2.50.